The molecule has 0 heterocycles. The van der Waals surface area contributed by atoms with Gasteiger partial charge in [0.05, 0.1) is 10.1 Å². The van der Waals surface area contributed by atoms with Crippen LogP contribution in [-0.4, -0.2) is 13.7 Å². The Balaban J connectivity index is 2.41. The lowest BCUT2D eigenvalue weighted by Gasteiger charge is -2.32. The molecule has 1 fully saturated rings. The van der Waals surface area contributed by atoms with E-state index in [0.717, 1.165) is 42.4 Å². The van der Waals surface area contributed by atoms with Gasteiger partial charge >= 0.3 is 0 Å². The molecule has 1 aliphatic carbocycles. The summed E-state index contributed by atoms with van der Waals surface area (Å²) >= 11 is 0. The number of sulfone groups is 1. The summed E-state index contributed by atoms with van der Waals surface area (Å²) in [5.41, 5.74) is 3.07. The fourth-order valence-corrected chi connectivity index (χ4v) is 5.40. The zero-order valence-electron chi connectivity index (χ0n) is 13.6. The quantitative estimate of drug-likeness (QED) is 0.727. The van der Waals surface area contributed by atoms with Crippen molar-refractivity contribution >= 4 is 9.84 Å². The molecule has 22 heavy (non-hydrogen) atoms. The van der Waals surface area contributed by atoms with E-state index in [2.05, 4.69) is 13.2 Å². The second kappa shape index (κ2) is 6.82. The zero-order valence-corrected chi connectivity index (χ0v) is 14.5. The molecule has 120 valence electrons. The Kier molecular flexibility index (Phi) is 5.28. The van der Waals surface area contributed by atoms with Gasteiger partial charge in [0.2, 0.25) is 0 Å². The summed E-state index contributed by atoms with van der Waals surface area (Å²) in [7, 11) is -3.37. The van der Waals surface area contributed by atoms with Gasteiger partial charge in [-0.25, -0.2) is 8.42 Å². The van der Waals surface area contributed by atoms with E-state index in [1.807, 2.05) is 26.0 Å². The fraction of sp³-hybridized carbons (Fsp3) is 0.474. The van der Waals surface area contributed by atoms with Gasteiger partial charge in [-0.3, -0.25) is 0 Å². The fourth-order valence-electron chi connectivity index (χ4n) is 3.27. The van der Waals surface area contributed by atoms with E-state index < -0.39 is 15.1 Å². The lowest BCUT2D eigenvalue weighted by Crippen LogP contribution is -2.33. The van der Waals surface area contributed by atoms with Gasteiger partial charge in [-0.2, -0.15) is 0 Å². The molecule has 1 aliphatic rings. The van der Waals surface area contributed by atoms with Crippen molar-refractivity contribution < 1.29 is 8.42 Å². The van der Waals surface area contributed by atoms with Crippen molar-refractivity contribution in [3.05, 3.63) is 54.1 Å². The first-order valence-electron chi connectivity index (χ1n) is 7.95. The molecule has 0 amide bonds. The smallest absolute Gasteiger partial charge is 0.182 e. The third kappa shape index (κ3) is 3.70. The van der Waals surface area contributed by atoms with Gasteiger partial charge in [0, 0.05) is 0 Å². The molecule has 0 bridgehead atoms. The molecule has 0 aliphatic heterocycles. The predicted octanol–water partition coefficient (Wildman–Crippen LogP) is 4.85. The second-order valence-corrected chi connectivity index (χ2v) is 8.74. The second-order valence-electron chi connectivity index (χ2n) is 6.57. The lowest BCUT2D eigenvalue weighted by atomic mass is 9.81. The summed E-state index contributed by atoms with van der Waals surface area (Å²) in [5, 5.41) is -0.430. The third-order valence-electron chi connectivity index (χ3n) is 4.53. The average molecular weight is 318 g/mol. The van der Waals surface area contributed by atoms with Crippen LogP contribution >= 0.6 is 0 Å². The van der Waals surface area contributed by atoms with E-state index in [9.17, 15) is 8.42 Å². The zero-order chi connectivity index (χ0) is 16.3. The minimum Gasteiger partial charge on any atom is -0.223 e. The Morgan fingerprint density at radius 1 is 1.27 bits per heavy atom. The summed E-state index contributed by atoms with van der Waals surface area (Å²) in [6.07, 6.45) is 4.59. The molecule has 2 nitrogen and oxygen atoms in total. The van der Waals surface area contributed by atoms with Crippen molar-refractivity contribution in [3.8, 4) is 0 Å². The van der Waals surface area contributed by atoms with Crippen molar-refractivity contribution in [2.75, 3.05) is 0 Å². The van der Waals surface area contributed by atoms with E-state index in [4.69, 9.17) is 0 Å². The normalized spacial score (nSPS) is 20.6. The van der Waals surface area contributed by atoms with Crippen LogP contribution in [-0.2, 0) is 9.84 Å². The van der Waals surface area contributed by atoms with Gasteiger partial charge in [-0.05, 0) is 57.6 Å². The minimum atomic E-state index is -3.37. The Hall–Kier alpha value is -1.35. The molecule has 0 spiro atoms. The van der Waals surface area contributed by atoms with Crippen LogP contribution in [0.2, 0.25) is 0 Å². The van der Waals surface area contributed by atoms with Crippen molar-refractivity contribution in [3.63, 3.8) is 0 Å². The standard InChI is InChI=1S/C19H26O2S/c1-14(2)13-19(18-8-6-5-7-16(18)4)22(20,21)17-11-9-15(3)10-12-17/h9-12,18-19H,1,4-8,13H2,2-3H3. The molecule has 0 aromatic heterocycles. The molecule has 2 unspecified atom stereocenters. The van der Waals surface area contributed by atoms with E-state index in [0.29, 0.717) is 11.3 Å². The predicted molar refractivity (Wildman–Crippen MR) is 92.7 cm³/mol. The minimum absolute atomic E-state index is 0.0525. The molecule has 2 rings (SSSR count). The Morgan fingerprint density at radius 3 is 2.45 bits per heavy atom. The van der Waals surface area contributed by atoms with Gasteiger partial charge in [0.15, 0.2) is 9.84 Å². The van der Waals surface area contributed by atoms with Crippen LogP contribution in [0.25, 0.3) is 0 Å². The van der Waals surface area contributed by atoms with Gasteiger partial charge in [-0.1, -0.05) is 41.8 Å². The van der Waals surface area contributed by atoms with Crippen LogP contribution in [0, 0.1) is 12.8 Å². The van der Waals surface area contributed by atoms with E-state index >= 15 is 0 Å². The maximum Gasteiger partial charge on any atom is 0.182 e. The highest BCUT2D eigenvalue weighted by molar-refractivity contribution is 7.92. The molecule has 1 aromatic rings. The Morgan fingerprint density at radius 2 is 1.91 bits per heavy atom. The van der Waals surface area contributed by atoms with E-state index in [1.54, 1.807) is 12.1 Å². The number of benzene rings is 1. The topological polar surface area (TPSA) is 34.1 Å². The maximum absolute atomic E-state index is 13.1. The van der Waals surface area contributed by atoms with Gasteiger partial charge < -0.3 is 0 Å². The molecule has 0 N–H and O–H groups in total. The van der Waals surface area contributed by atoms with Crippen molar-refractivity contribution in [2.45, 2.75) is 56.1 Å². The molecule has 1 aromatic carbocycles. The highest BCUT2D eigenvalue weighted by Gasteiger charge is 2.36. The molecule has 3 heteroatoms. The Bertz CT molecular complexity index is 653. The lowest BCUT2D eigenvalue weighted by molar-refractivity contribution is 0.423. The van der Waals surface area contributed by atoms with Crippen molar-refractivity contribution in [2.24, 2.45) is 5.92 Å². The maximum atomic E-state index is 13.1. The summed E-state index contributed by atoms with van der Waals surface area (Å²) in [6.45, 7) is 12.0. The average Bonchev–Trinajstić information content (AvgIpc) is 2.46. The van der Waals surface area contributed by atoms with Crippen molar-refractivity contribution in [1.82, 2.24) is 0 Å². The molecule has 0 saturated heterocycles. The van der Waals surface area contributed by atoms with E-state index in [1.165, 1.54) is 0 Å². The molecule has 1 saturated carbocycles. The molecule has 2 atom stereocenters. The first-order chi connectivity index (χ1) is 10.3. The van der Waals surface area contributed by atoms with Gasteiger partial charge in [0.25, 0.3) is 0 Å². The first kappa shape index (κ1) is 17.0. The largest absolute Gasteiger partial charge is 0.223 e. The van der Waals surface area contributed by atoms with Crippen LogP contribution in [0.1, 0.15) is 44.6 Å². The molecular formula is C19H26O2S. The number of aryl methyl sites for hydroxylation is 1. The first-order valence-corrected chi connectivity index (χ1v) is 9.49. The monoisotopic (exact) mass is 318 g/mol. The van der Waals surface area contributed by atoms with Crippen LogP contribution in [0.4, 0.5) is 0 Å². The summed E-state index contributed by atoms with van der Waals surface area (Å²) in [5.74, 6) is 0.0525. The van der Waals surface area contributed by atoms with E-state index in [-0.39, 0.29) is 5.92 Å². The van der Waals surface area contributed by atoms with Crippen LogP contribution < -0.4 is 0 Å². The molecular weight excluding hydrogens is 292 g/mol. The van der Waals surface area contributed by atoms with Gasteiger partial charge in [-0.15, -0.1) is 6.58 Å². The highest BCUT2D eigenvalue weighted by atomic mass is 32.2. The summed E-state index contributed by atoms with van der Waals surface area (Å²) in [6, 6.07) is 7.17. The van der Waals surface area contributed by atoms with Crippen LogP contribution in [0.15, 0.2) is 53.5 Å². The third-order valence-corrected chi connectivity index (χ3v) is 6.76. The number of hydrogen-bond donors (Lipinski definition) is 0. The van der Waals surface area contributed by atoms with Gasteiger partial charge in [0.1, 0.15) is 0 Å². The number of rotatable bonds is 5. The SMILES string of the molecule is C=C(C)CC(C1CCCCC1=C)S(=O)(=O)c1ccc(C)cc1. The Labute approximate surface area is 134 Å². The number of allylic oxidation sites excluding steroid dienone is 2. The van der Waals surface area contributed by atoms with Crippen molar-refractivity contribution in [1.29, 1.82) is 0 Å². The summed E-state index contributed by atoms with van der Waals surface area (Å²) < 4.78 is 26.3. The number of hydrogen-bond acceptors (Lipinski definition) is 2. The highest BCUT2D eigenvalue weighted by Crippen LogP contribution is 2.38. The van der Waals surface area contributed by atoms with Crippen LogP contribution in [0.5, 0.6) is 0 Å². The summed E-state index contributed by atoms with van der Waals surface area (Å²) in [4.78, 5) is 0.419. The van der Waals surface area contributed by atoms with Crippen LogP contribution in [0.3, 0.4) is 0 Å². The molecule has 0 radical (unpaired) electrons.